The lowest BCUT2D eigenvalue weighted by molar-refractivity contribution is -0.124. The highest BCUT2D eigenvalue weighted by Gasteiger charge is 2.40. The molecule has 180 valence electrons. The highest BCUT2D eigenvalue weighted by molar-refractivity contribution is 6.01. The first-order valence-corrected chi connectivity index (χ1v) is 11.8. The topological polar surface area (TPSA) is 140 Å². The van der Waals surface area contributed by atoms with Gasteiger partial charge in [0, 0.05) is 29.1 Å². The van der Waals surface area contributed by atoms with Gasteiger partial charge in [0.15, 0.2) is 0 Å². The third-order valence-corrected chi connectivity index (χ3v) is 7.01. The molecular weight excluding hydrogens is 446 g/mol. The summed E-state index contributed by atoms with van der Waals surface area (Å²) in [6, 6.07) is 10.5. The Hall–Kier alpha value is -4.06. The average molecular weight is 474 g/mol. The van der Waals surface area contributed by atoms with Gasteiger partial charge >= 0.3 is 0 Å². The fraction of sp³-hybridized carbons (Fsp3) is 0.385. The van der Waals surface area contributed by atoms with Crippen molar-refractivity contribution >= 4 is 22.7 Å². The van der Waals surface area contributed by atoms with E-state index in [1.165, 1.54) is 0 Å². The largest absolute Gasteiger partial charge is 0.496 e. The first-order valence-electron chi connectivity index (χ1n) is 11.8. The molecule has 5 rings (SSSR count). The van der Waals surface area contributed by atoms with Gasteiger partial charge in [-0.2, -0.15) is 5.26 Å². The van der Waals surface area contributed by atoms with Crippen LogP contribution >= 0.6 is 0 Å². The zero-order valence-corrected chi connectivity index (χ0v) is 19.4. The van der Waals surface area contributed by atoms with Crippen LogP contribution in [-0.4, -0.2) is 40.5 Å². The molecule has 1 aromatic carbocycles. The number of nitrogens with zero attached hydrogens (tertiary/aromatic N) is 1. The van der Waals surface area contributed by atoms with Gasteiger partial charge in [0.05, 0.1) is 13.2 Å². The van der Waals surface area contributed by atoms with E-state index in [-0.39, 0.29) is 12.0 Å². The number of carbonyl (C=O) groups excluding carboxylic acids is 2. The van der Waals surface area contributed by atoms with Crippen LogP contribution in [0.2, 0.25) is 0 Å². The Bertz CT molecular complexity index is 1400. The lowest BCUT2D eigenvalue weighted by atomic mass is 9.79. The van der Waals surface area contributed by atoms with Crippen molar-refractivity contribution in [3.63, 3.8) is 0 Å². The molecule has 0 aliphatic heterocycles. The van der Waals surface area contributed by atoms with E-state index in [9.17, 15) is 19.6 Å². The number of hydrogen-bond donors (Lipinski definition) is 4. The predicted octanol–water partition coefficient (Wildman–Crippen LogP) is 2.33. The molecule has 2 aliphatic rings. The SMILES string of the molecule is COc1cccc2[nH]c(C(=O)NC(CC3CC3)C(=O)NC3(C#N)CCc4cc[nH]c(=O)c4C3)cc12. The highest BCUT2D eigenvalue weighted by atomic mass is 16.5. The molecule has 2 aliphatic carbocycles. The maximum atomic E-state index is 13.4. The molecule has 1 fully saturated rings. The summed E-state index contributed by atoms with van der Waals surface area (Å²) in [4.78, 5) is 44.5. The van der Waals surface area contributed by atoms with Crippen LogP contribution in [0, 0.1) is 17.2 Å². The smallest absolute Gasteiger partial charge is 0.268 e. The Labute approximate surface area is 201 Å². The summed E-state index contributed by atoms with van der Waals surface area (Å²) in [5.41, 5.74) is 1.06. The predicted molar refractivity (Wildman–Crippen MR) is 129 cm³/mol. The number of amides is 2. The normalized spacial score (nSPS) is 19.9. The molecule has 0 radical (unpaired) electrons. The molecule has 9 heteroatoms. The molecule has 4 N–H and O–H groups in total. The van der Waals surface area contributed by atoms with E-state index < -0.39 is 23.4 Å². The van der Waals surface area contributed by atoms with Crippen LogP contribution in [-0.2, 0) is 17.6 Å². The van der Waals surface area contributed by atoms with Crippen LogP contribution in [0.4, 0.5) is 0 Å². The number of aryl methyl sites for hydroxylation is 1. The van der Waals surface area contributed by atoms with Crippen LogP contribution < -0.4 is 20.9 Å². The van der Waals surface area contributed by atoms with E-state index in [0.717, 1.165) is 29.3 Å². The summed E-state index contributed by atoms with van der Waals surface area (Å²) < 4.78 is 5.37. The van der Waals surface area contributed by atoms with E-state index in [2.05, 4.69) is 26.7 Å². The van der Waals surface area contributed by atoms with Gasteiger partial charge in [-0.3, -0.25) is 14.4 Å². The summed E-state index contributed by atoms with van der Waals surface area (Å²) in [5, 5.41) is 16.5. The Morgan fingerprint density at radius 2 is 2.14 bits per heavy atom. The summed E-state index contributed by atoms with van der Waals surface area (Å²) in [6.45, 7) is 0. The Morgan fingerprint density at radius 1 is 1.31 bits per heavy atom. The molecule has 3 aromatic rings. The minimum Gasteiger partial charge on any atom is -0.496 e. The number of aromatic amines is 2. The minimum atomic E-state index is -1.19. The molecule has 2 heterocycles. The lowest BCUT2D eigenvalue weighted by Crippen LogP contribution is -2.57. The van der Waals surface area contributed by atoms with Gasteiger partial charge in [0.25, 0.3) is 11.5 Å². The van der Waals surface area contributed by atoms with Crippen molar-refractivity contribution in [2.75, 3.05) is 7.11 Å². The van der Waals surface area contributed by atoms with Crippen molar-refractivity contribution in [1.29, 1.82) is 5.26 Å². The second kappa shape index (κ2) is 8.95. The summed E-state index contributed by atoms with van der Waals surface area (Å²) in [6.07, 6.45) is 5.17. The molecule has 2 amide bonds. The number of carbonyl (C=O) groups is 2. The third-order valence-electron chi connectivity index (χ3n) is 7.01. The van der Waals surface area contributed by atoms with E-state index in [4.69, 9.17) is 4.74 Å². The number of ether oxygens (including phenoxy) is 1. The van der Waals surface area contributed by atoms with Crippen molar-refractivity contribution in [2.24, 2.45) is 5.92 Å². The summed E-state index contributed by atoms with van der Waals surface area (Å²) in [5.74, 6) is 0.201. The number of methoxy groups -OCH3 is 1. The second-order valence-corrected chi connectivity index (χ2v) is 9.48. The number of rotatable bonds is 7. The fourth-order valence-electron chi connectivity index (χ4n) is 4.85. The molecule has 2 unspecified atom stereocenters. The van der Waals surface area contributed by atoms with Crippen molar-refractivity contribution < 1.29 is 14.3 Å². The zero-order valence-electron chi connectivity index (χ0n) is 19.4. The maximum Gasteiger partial charge on any atom is 0.268 e. The van der Waals surface area contributed by atoms with Crippen LogP contribution in [0.25, 0.3) is 10.9 Å². The van der Waals surface area contributed by atoms with Crippen molar-refractivity contribution in [3.05, 3.63) is 63.7 Å². The molecule has 0 saturated heterocycles. The van der Waals surface area contributed by atoms with Gasteiger partial charge in [0.2, 0.25) is 5.91 Å². The minimum absolute atomic E-state index is 0.132. The van der Waals surface area contributed by atoms with Crippen molar-refractivity contribution in [1.82, 2.24) is 20.6 Å². The third kappa shape index (κ3) is 4.52. The summed E-state index contributed by atoms with van der Waals surface area (Å²) >= 11 is 0. The number of nitriles is 1. The van der Waals surface area contributed by atoms with E-state index in [1.54, 1.807) is 19.4 Å². The number of benzene rings is 1. The first-order chi connectivity index (χ1) is 16.9. The number of fused-ring (bicyclic) bond motifs is 2. The number of nitrogens with one attached hydrogen (secondary N) is 4. The van der Waals surface area contributed by atoms with Gasteiger partial charge in [0.1, 0.15) is 23.0 Å². The average Bonchev–Trinajstić information content (AvgIpc) is 3.57. The maximum absolute atomic E-state index is 13.4. The molecule has 2 aromatic heterocycles. The molecule has 2 atom stereocenters. The van der Waals surface area contributed by atoms with Gasteiger partial charge in [-0.25, -0.2) is 0 Å². The molecule has 9 nitrogen and oxygen atoms in total. The standard InChI is InChI=1S/C26H27N5O4/c1-35-22-4-2-3-19-17(22)12-21(29-19)24(33)30-20(11-15-5-6-15)25(34)31-26(14-27)9-7-16-8-10-28-23(32)18(16)13-26/h2-4,8,10,12,15,20,29H,5-7,9,11,13H2,1H3,(H,28,32)(H,30,33)(H,31,34). The van der Waals surface area contributed by atoms with Gasteiger partial charge in [-0.05, 0) is 55.0 Å². The molecule has 0 bridgehead atoms. The van der Waals surface area contributed by atoms with Gasteiger partial charge < -0.3 is 25.3 Å². The molecule has 0 spiro atoms. The van der Waals surface area contributed by atoms with Crippen LogP contribution in [0.5, 0.6) is 5.75 Å². The van der Waals surface area contributed by atoms with E-state index in [1.807, 2.05) is 24.3 Å². The van der Waals surface area contributed by atoms with Crippen LogP contribution in [0.15, 0.2) is 41.3 Å². The molecular formula is C26H27N5O4. The summed E-state index contributed by atoms with van der Waals surface area (Å²) in [7, 11) is 1.57. The monoisotopic (exact) mass is 473 g/mol. The number of pyridine rings is 1. The fourth-order valence-corrected chi connectivity index (χ4v) is 4.85. The van der Waals surface area contributed by atoms with Gasteiger partial charge in [-0.15, -0.1) is 0 Å². The second-order valence-electron chi connectivity index (χ2n) is 9.48. The number of H-pyrrole nitrogens is 2. The van der Waals surface area contributed by atoms with Gasteiger partial charge in [-0.1, -0.05) is 18.9 Å². The highest BCUT2D eigenvalue weighted by Crippen LogP contribution is 2.34. The number of hydrogen-bond acceptors (Lipinski definition) is 5. The Morgan fingerprint density at radius 3 is 2.89 bits per heavy atom. The van der Waals surface area contributed by atoms with E-state index >= 15 is 0 Å². The zero-order chi connectivity index (χ0) is 24.6. The quantitative estimate of drug-likeness (QED) is 0.417. The molecule has 35 heavy (non-hydrogen) atoms. The molecule has 1 saturated carbocycles. The lowest BCUT2D eigenvalue weighted by Gasteiger charge is -2.34. The Kier molecular flexibility index (Phi) is 5.81. The number of aromatic nitrogens is 2. The Balaban J connectivity index is 1.35. The van der Waals surface area contributed by atoms with Crippen molar-refractivity contribution in [3.8, 4) is 11.8 Å². The van der Waals surface area contributed by atoms with Crippen LogP contribution in [0.3, 0.4) is 0 Å². The van der Waals surface area contributed by atoms with E-state index in [0.29, 0.717) is 42.2 Å². The van der Waals surface area contributed by atoms with Crippen LogP contribution in [0.1, 0.15) is 47.3 Å². The van der Waals surface area contributed by atoms with Crippen molar-refractivity contribution in [2.45, 2.75) is 50.1 Å². The first kappa shape index (κ1) is 22.7.